The highest BCUT2D eigenvalue weighted by atomic mass is 35.5. The molecule has 0 bridgehead atoms. The first-order valence-corrected chi connectivity index (χ1v) is 8.32. The van der Waals surface area contributed by atoms with Crippen LogP contribution in [0.3, 0.4) is 0 Å². The lowest BCUT2D eigenvalue weighted by Crippen LogP contribution is -2.12. The molecule has 114 valence electrons. The second-order valence-electron chi connectivity index (χ2n) is 4.55. The van der Waals surface area contributed by atoms with E-state index in [0.29, 0.717) is 16.9 Å². The zero-order chi connectivity index (χ0) is 15.9. The predicted molar refractivity (Wildman–Crippen MR) is 87.8 cm³/mol. The number of aromatic nitrogens is 2. The van der Waals surface area contributed by atoms with Crippen LogP contribution in [0.25, 0.3) is 10.9 Å². The summed E-state index contributed by atoms with van der Waals surface area (Å²) >= 11 is 11.6. The molecule has 6 nitrogen and oxygen atoms in total. The summed E-state index contributed by atoms with van der Waals surface area (Å²) < 4.78 is 27.2. The number of nitrogen functional groups attached to an aromatic ring is 1. The van der Waals surface area contributed by atoms with Gasteiger partial charge < -0.3 is 5.73 Å². The summed E-state index contributed by atoms with van der Waals surface area (Å²) in [5, 5.41) is 7.68. The minimum atomic E-state index is -3.78. The molecular weight excluding hydrogens is 347 g/mol. The first-order valence-electron chi connectivity index (χ1n) is 6.08. The topological polar surface area (TPSA) is 101 Å². The summed E-state index contributed by atoms with van der Waals surface area (Å²) in [5.74, 6) is 0.297. The van der Waals surface area contributed by atoms with Crippen LogP contribution in [-0.4, -0.2) is 18.6 Å². The fourth-order valence-electron chi connectivity index (χ4n) is 1.96. The van der Waals surface area contributed by atoms with Crippen molar-refractivity contribution in [3.05, 3.63) is 46.4 Å². The van der Waals surface area contributed by atoms with Gasteiger partial charge in [0.1, 0.15) is 0 Å². The Kier molecular flexibility index (Phi) is 3.64. The summed E-state index contributed by atoms with van der Waals surface area (Å²) in [6.07, 6.45) is 0. The van der Waals surface area contributed by atoms with Crippen LogP contribution < -0.4 is 10.5 Å². The third-order valence-corrected chi connectivity index (χ3v) is 5.16. The molecule has 3 aromatic rings. The summed E-state index contributed by atoms with van der Waals surface area (Å²) in [6.45, 7) is 0. The van der Waals surface area contributed by atoms with Crippen molar-refractivity contribution in [2.45, 2.75) is 4.90 Å². The number of rotatable bonds is 3. The molecule has 0 atom stereocenters. The molecule has 2 aromatic carbocycles. The standard InChI is InChI=1S/C13H10Cl2N4O2S/c14-10-3-2-8(6-11(10)15)22(20,21)19-7-1-4-12-9(5-7)13(16)18-17-12/h1-6,19H,(H3,16,17,18). The fourth-order valence-corrected chi connectivity index (χ4v) is 3.39. The van der Waals surface area contributed by atoms with E-state index in [0.717, 1.165) is 5.52 Å². The number of fused-ring (bicyclic) bond motifs is 1. The van der Waals surface area contributed by atoms with Crippen molar-refractivity contribution in [2.75, 3.05) is 10.5 Å². The number of nitrogens with one attached hydrogen (secondary N) is 2. The number of anilines is 2. The van der Waals surface area contributed by atoms with Crippen LogP contribution in [0.4, 0.5) is 11.5 Å². The van der Waals surface area contributed by atoms with Crippen LogP contribution in [0.1, 0.15) is 0 Å². The molecule has 4 N–H and O–H groups in total. The summed E-state index contributed by atoms with van der Waals surface area (Å²) in [7, 11) is -3.78. The molecule has 0 saturated carbocycles. The zero-order valence-electron chi connectivity index (χ0n) is 11.0. The van der Waals surface area contributed by atoms with Gasteiger partial charge in [-0.3, -0.25) is 9.82 Å². The van der Waals surface area contributed by atoms with E-state index >= 15 is 0 Å². The lowest BCUT2D eigenvalue weighted by molar-refractivity contribution is 0.601. The highest BCUT2D eigenvalue weighted by Gasteiger charge is 2.16. The molecule has 0 fully saturated rings. The second kappa shape index (κ2) is 5.35. The van der Waals surface area contributed by atoms with Gasteiger partial charge in [0, 0.05) is 11.1 Å². The molecule has 0 aliphatic carbocycles. The van der Waals surface area contributed by atoms with Gasteiger partial charge in [0.25, 0.3) is 10.0 Å². The number of halogens is 2. The number of hydrogen-bond acceptors (Lipinski definition) is 4. The van der Waals surface area contributed by atoms with Crippen LogP contribution >= 0.6 is 23.2 Å². The molecule has 0 saturated heterocycles. The van der Waals surface area contributed by atoms with Gasteiger partial charge in [0.15, 0.2) is 5.82 Å². The Morgan fingerprint density at radius 1 is 1.09 bits per heavy atom. The van der Waals surface area contributed by atoms with E-state index in [2.05, 4.69) is 14.9 Å². The van der Waals surface area contributed by atoms with Crippen molar-refractivity contribution in [2.24, 2.45) is 0 Å². The van der Waals surface area contributed by atoms with Crippen LogP contribution in [-0.2, 0) is 10.0 Å². The maximum absolute atomic E-state index is 12.4. The van der Waals surface area contributed by atoms with Crippen LogP contribution in [0.5, 0.6) is 0 Å². The van der Waals surface area contributed by atoms with Crippen molar-refractivity contribution in [1.29, 1.82) is 0 Å². The number of nitrogens with zero attached hydrogens (tertiary/aromatic N) is 1. The minimum Gasteiger partial charge on any atom is -0.382 e. The molecule has 0 unspecified atom stereocenters. The molecule has 0 amide bonds. The Hall–Kier alpha value is -1.96. The van der Waals surface area contributed by atoms with Gasteiger partial charge in [-0.2, -0.15) is 5.10 Å². The molecule has 0 aliphatic heterocycles. The van der Waals surface area contributed by atoms with Crippen molar-refractivity contribution >= 4 is 55.6 Å². The highest BCUT2D eigenvalue weighted by Crippen LogP contribution is 2.27. The zero-order valence-corrected chi connectivity index (χ0v) is 13.3. The van der Waals surface area contributed by atoms with Gasteiger partial charge in [0.05, 0.1) is 20.5 Å². The van der Waals surface area contributed by atoms with Gasteiger partial charge in [-0.05, 0) is 36.4 Å². The van der Waals surface area contributed by atoms with Gasteiger partial charge >= 0.3 is 0 Å². The van der Waals surface area contributed by atoms with Crippen molar-refractivity contribution in [1.82, 2.24) is 10.2 Å². The SMILES string of the molecule is Nc1n[nH]c2ccc(NS(=O)(=O)c3ccc(Cl)c(Cl)c3)cc12. The largest absolute Gasteiger partial charge is 0.382 e. The molecule has 1 aromatic heterocycles. The highest BCUT2D eigenvalue weighted by molar-refractivity contribution is 7.92. The third-order valence-electron chi connectivity index (χ3n) is 3.05. The second-order valence-corrected chi connectivity index (χ2v) is 7.05. The Bertz CT molecular complexity index is 969. The molecule has 22 heavy (non-hydrogen) atoms. The Morgan fingerprint density at radius 2 is 1.86 bits per heavy atom. The number of benzene rings is 2. The molecular formula is C13H10Cl2N4O2S. The number of H-pyrrole nitrogens is 1. The lowest BCUT2D eigenvalue weighted by Gasteiger charge is -2.09. The van der Waals surface area contributed by atoms with Crippen molar-refractivity contribution < 1.29 is 8.42 Å². The van der Waals surface area contributed by atoms with Gasteiger partial charge in [-0.25, -0.2) is 8.42 Å². The van der Waals surface area contributed by atoms with Crippen LogP contribution in [0, 0.1) is 0 Å². The quantitative estimate of drug-likeness (QED) is 0.670. The van der Waals surface area contributed by atoms with E-state index in [1.54, 1.807) is 18.2 Å². The summed E-state index contributed by atoms with van der Waals surface area (Å²) in [6, 6.07) is 8.98. The summed E-state index contributed by atoms with van der Waals surface area (Å²) in [5.41, 5.74) is 6.79. The molecule has 9 heteroatoms. The van der Waals surface area contributed by atoms with Crippen LogP contribution in [0.15, 0.2) is 41.3 Å². The molecule has 1 heterocycles. The van der Waals surface area contributed by atoms with Crippen molar-refractivity contribution in [3.8, 4) is 0 Å². The smallest absolute Gasteiger partial charge is 0.261 e. The average Bonchev–Trinajstić information content (AvgIpc) is 2.83. The molecule has 0 spiro atoms. The van der Waals surface area contributed by atoms with E-state index in [9.17, 15) is 8.42 Å². The maximum Gasteiger partial charge on any atom is 0.261 e. The maximum atomic E-state index is 12.4. The molecule has 3 rings (SSSR count). The van der Waals surface area contributed by atoms with E-state index in [-0.39, 0.29) is 14.9 Å². The number of nitrogens with two attached hydrogens (primary N) is 1. The normalized spacial score (nSPS) is 11.7. The summed E-state index contributed by atoms with van der Waals surface area (Å²) in [4.78, 5) is 0.0159. The Labute approximate surface area is 136 Å². The molecule has 0 aliphatic rings. The number of hydrogen-bond donors (Lipinski definition) is 3. The monoisotopic (exact) mass is 356 g/mol. The van der Waals surface area contributed by atoms with Gasteiger partial charge in [-0.15, -0.1) is 0 Å². The minimum absolute atomic E-state index is 0.0159. The van der Waals surface area contributed by atoms with E-state index in [1.807, 2.05) is 0 Å². The number of aromatic amines is 1. The number of sulfonamides is 1. The molecule has 0 radical (unpaired) electrons. The van der Waals surface area contributed by atoms with Gasteiger partial charge in [-0.1, -0.05) is 23.2 Å². The van der Waals surface area contributed by atoms with E-state index < -0.39 is 10.0 Å². The Balaban J connectivity index is 1.98. The van der Waals surface area contributed by atoms with E-state index in [1.165, 1.54) is 18.2 Å². The Morgan fingerprint density at radius 3 is 2.59 bits per heavy atom. The first kappa shape index (κ1) is 15.0. The van der Waals surface area contributed by atoms with Gasteiger partial charge in [0.2, 0.25) is 0 Å². The van der Waals surface area contributed by atoms with Crippen LogP contribution in [0.2, 0.25) is 10.0 Å². The van der Waals surface area contributed by atoms with Crippen molar-refractivity contribution in [3.63, 3.8) is 0 Å². The average molecular weight is 357 g/mol. The first-order chi connectivity index (χ1) is 10.4. The third kappa shape index (κ3) is 2.70. The lowest BCUT2D eigenvalue weighted by atomic mass is 10.2. The predicted octanol–water partition coefficient (Wildman–Crippen LogP) is 3.25. The fraction of sp³-hybridized carbons (Fsp3) is 0. The van der Waals surface area contributed by atoms with E-state index in [4.69, 9.17) is 28.9 Å².